The number of piperidine rings is 1. The van der Waals surface area contributed by atoms with Gasteiger partial charge in [0, 0.05) is 31.4 Å². The molecule has 1 aliphatic heterocycles. The molecule has 1 amide bonds. The number of hydrogen-bond donors (Lipinski definition) is 0. The van der Waals surface area contributed by atoms with Gasteiger partial charge in [0.05, 0.1) is 12.7 Å². The standard InChI is InChI=1S/C27H29FN2O2/c1-20-7-9-21(10-8-20)19-29-17-15-24(16-18-29)30(23-13-11-22(28)12-14-23)27(31)25-5-3-4-6-26(25)32-2/h3-14,24H,15-19H2,1-2H3. The average molecular weight is 433 g/mol. The van der Waals surface area contributed by atoms with Crippen LogP contribution in [0.1, 0.15) is 34.3 Å². The number of ether oxygens (including phenoxy) is 1. The molecule has 1 heterocycles. The predicted molar refractivity (Wildman–Crippen MR) is 126 cm³/mol. The van der Waals surface area contributed by atoms with Gasteiger partial charge in [-0.25, -0.2) is 4.39 Å². The Balaban J connectivity index is 1.54. The summed E-state index contributed by atoms with van der Waals surface area (Å²) >= 11 is 0. The fourth-order valence-electron chi connectivity index (χ4n) is 4.33. The summed E-state index contributed by atoms with van der Waals surface area (Å²) < 4.78 is 19.0. The molecule has 0 spiro atoms. The highest BCUT2D eigenvalue weighted by atomic mass is 19.1. The zero-order valence-corrected chi connectivity index (χ0v) is 18.6. The van der Waals surface area contributed by atoms with Crippen molar-refractivity contribution in [1.29, 1.82) is 0 Å². The molecular formula is C27H29FN2O2. The maximum atomic E-state index is 13.7. The number of carbonyl (C=O) groups excluding carboxylic acids is 1. The van der Waals surface area contributed by atoms with Crippen molar-refractivity contribution >= 4 is 11.6 Å². The normalized spacial score (nSPS) is 14.8. The van der Waals surface area contributed by atoms with E-state index in [2.05, 4.69) is 36.1 Å². The van der Waals surface area contributed by atoms with Crippen LogP contribution in [0.4, 0.5) is 10.1 Å². The Morgan fingerprint density at radius 1 is 1.00 bits per heavy atom. The van der Waals surface area contributed by atoms with Crippen LogP contribution in [-0.2, 0) is 6.54 Å². The van der Waals surface area contributed by atoms with Gasteiger partial charge in [-0.3, -0.25) is 9.69 Å². The number of carbonyl (C=O) groups is 1. The summed E-state index contributed by atoms with van der Waals surface area (Å²) in [6.45, 7) is 4.80. The SMILES string of the molecule is COc1ccccc1C(=O)N(c1ccc(F)cc1)C1CCN(Cc2ccc(C)cc2)CC1. The van der Waals surface area contributed by atoms with E-state index in [1.54, 1.807) is 31.4 Å². The fraction of sp³-hybridized carbons (Fsp3) is 0.296. The molecule has 0 aromatic heterocycles. The number of aryl methyl sites for hydroxylation is 1. The number of rotatable bonds is 6. The second-order valence-electron chi connectivity index (χ2n) is 8.34. The molecule has 1 aliphatic rings. The summed E-state index contributed by atoms with van der Waals surface area (Å²) in [7, 11) is 1.57. The van der Waals surface area contributed by atoms with Gasteiger partial charge in [-0.2, -0.15) is 0 Å². The minimum absolute atomic E-state index is 0.0344. The largest absolute Gasteiger partial charge is 0.496 e. The quantitative estimate of drug-likeness (QED) is 0.519. The second-order valence-corrected chi connectivity index (χ2v) is 8.34. The number of amides is 1. The van der Waals surface area contributed by atoms with Crippen LogP contribution in [0, 0.1) is 12.7 Å². The van der Waals surface area contributed by atoms with Crippen LogP contribution < -0.4 is 9.64 Å². The van der Waals surface area contributed by atoms with E-state index in [0.29, 0.717) is 17.0 Å². The lowest BCUT2D eigenvalue weighted by Crippen LogP contribution is -2.47. The van der Waals surface area contributed by atoms with E-state index in [4.69, 9.17) is 4.74 Å². The molecule has 0 unspecified atom stereocenters. The number of likely N-dealkylation sites (tertiary alicyclic amines) is 1. The predicted octanol–water partition coefficient (Wildman–Crippen LogP) is 5.45. The maximum absolute atomic E-state index is 13.7. The van der Waals surface area contributed by atoms with E-state index < -0.39 is 0 Å². The van der Waals surface area contributed by atoms with Gasteiger partial charge in [-0.1, -0.05) is 42.0 Å². The molecule has 0 bridgehead atoms. The van der Waals surface area contributed by atoms with Crippen LogP contribution >= 0.6 is 0 Å². The highest BCUT2D eigenvalue weighted by Gasteiger charge is 2.31. The van der Waals surface area contributed by atoms with Gasteiger partial charge in [0.25, 0.3) is 5.91 Å². The van der Waals surface area contributed by atoms with E-state index in [-0.39, 0.29) is 17.8 Å². The van der Waals surface area contributed by atoms with Gasteiger partial charge < -0.3 is 9.64 Å². The van der Waals surface area contributed by atoms with Crippen LogP contribution in [0.2, 0.25) is 0 Å². The van der Waals surface area contributed by atoms with Crippen molar-refractivity contribution in [3.63, 3.8) is 0 Å². The molecule has 1 saturated heterocycles. The lowest BCUT2D eigenvalue weighted by Gasteiger charge is -2.39. The first-order chi connectivity index (χ1) is 15.5. The number of hydrogen-bond acceptors (Lipinski definition) is 3. The number of nitrogens with zero attached hydrogens (tertiary/aromatic N) is 2. The highest BCUT2D eigenvalue weighted by molar-refractivity contribution is 6.08. The smallest absolute Gasteiger partial charge is 0.262 e. The Kier molecular flexibility index (Phi) is 6.86. The molecule has 32 heavy (non-hydrogen) atoms. The molecule has 3 aromatic rings. The molecule has 4 rings (SSSR count). The van der Waals surface area contributed by atoms with Crippen LogP contribution in [-0.4, -0.2) is 37.0 Å². The Bertz CT molecular complexity index is 1040. The number of para-hydroxylation sites is 1. The van der Waals surface area contributed by atoms with Gasteiger partial charge in [-0.05, 0) is 61.7 Å². The summed E-state index contributed by atoms with van der Waals surface area (Å²) in [5.41, 5.74) is 3.78. The van der Waals surface area contributed by atoms with Crippen LogP contribution in [0.5, 0.6) is 5.75 Å². The zero-order chi connectivity index (χ0) is 22.5. The Morgan fingerprint density at radius 2 is 1.66 bits per heavy atom. The van der Waals surface area contributed by atoms with Gasteiger partial charge in [-0.15, -0.1) is 0 Å². The van der Waals surface area contributed by atoms with Crippen LogP contribution in [0.25, 0.3) is 0 Å². The summed E-state index contributed by atoms with van der Waals surface area (Å²) in [6, 6.07) is 22.1. The third-order valence-corrected chi connectivity index (χ3v) is 6.11. The first-order valence-corrected chi connectivity index (χ1v) is 11.0. The molecule has 166 valence electrons. The van der Waals surface area contributed by atoms with Crippen molar-refractivity contribution in [1.82, 2.24) is 4.90 Å². The molecule has 0 aliphatic carbocycles. The zero-order valence-electron chi connectivity index (χ0n) is 18.6. The number of methoxy groups -OCH3 is 1. The van der Waals surface area contributed by atoms with Crippen LogP contribution in [0.15, 0.2) is 72.8 Å². The van der Waals surface area contributed by atoms with Gasteiger partial charge in [0.1, 0.15) is 11.6 Å². The lowest BCUT2D eigenvalue weighted by atomic mass is 9.99. The summed E-state index contributed by atoms with van der Waals surface area (Å²) in [4.78, 5) is 17.9. The second kappa shape index (κ2) is 9.96. The lowest BCUT2D eigenvalue weighted by molar-refractivity contribution is 0.0955. The molecule has 0 N–H and O–H groups in total. The van der Waals surface area contributed by atoms with Crippen molar-refractivity contribution in [2.75, 3.05) is 25.1 Å². The Labute approximate surface area is 189 Å². The summed E-state index contributed by atoms with van der Waals surface area (Å²) in [6.07, 6.45) is 1.70. The third-order valence-electron chi connectivity index (χ3n) is 6.11. The van der Waals surface area contributed by atoms with Crippen molar-refractivity contribution in [3.8, 4) is 5.75 Å². The Morgan fingerprint density at radius 3 is 2.31 bits per heavy atom. The molecule has 1 fully saturated rings. The van der Waals surface area contributed by atoms with E-state index >= 15 is 0 Å². The van der Waals surface area contributed by atoms with Crippen molar-refractivity contribution in [2.24, 2.45) is 0 Å². The number of benzene rings is 3. The summed E-state index contributed by atoms with van der Waals surface area (Å²) in [5, 5.41) is 0. The minimum Gasteiger partial charge on any atom is -0.496 e. The first-order valence-electron chi connectivity index (χ1n) is 11.0. The average Bonchev–Trinajstić information content (AvgIpc) is 2.83. The fourth-order valence-corrected chi connectivity index (χ4v) is 4.33. The van der Waals surface area contributed by atoms with Gasteiger partial charge in [0.15, 0.2) is 0 Å². The molecule has 3 aromatic carbocycles. The number of halogens is 1. The first kappa shape index (κ1) is 22.0. The summed E-state index contributed by atoms with van der Waals surface area (Å²) in [5.74, 6) is 0.110. The highest BCUT2D eigenvalue weighted by Crippen LogP contribution is 2.29. The number of anilines is 1. The molecular weight excluding hydrogens is 403 g/mol. The molecule has 4 nitrogen and oxygen atoms in total. The Hall–Kier alpha value is -3.18. The topological polar surface area (TPSA) is 32.8 Å². The molecule has 0 saturated carbocycles. The molecule has 0 atom stereocenters. The van der Waals surface area contributed by atoms with Crippen molar-refractivity contribution < 1.29 is 13.9 Å². The third kappa shape index (κ3) is 5.00. The van der Waals surface area contributed by atoms with Gasteiger partial charge >= 0.3 is 0 Å². The van der Waals surface area contributed by atoms with E-state index in [0.717, 1.165) is 32.5 Å². The maximum Gasteiger partial charge on any atom is 0.262 e. The minimum atomic E-state index is -0.314. The van der Waals surface area contributed by atoms with E-state index in [1.807, 2.05) is 17.0 Å². The monoisotopic (exact) mass is 432 g/mol. The van der Waals surface area contributed by atoms with Crippen LogP contribution in [0.3, 0.4) is 0 Å². The molecule has 5 heteroatoms. The molecule has 0 radical (unpaired) electrons. The van der Waals surface area contributed by atoms with Crippen molar-refractivity contribution in [3.05, 3.63) is 95.3 Å². The van der Waals surface area contributed by atoms with E-state index in [1.165, 1.54) is 23.3 Å². The van der Waals surface area contributed by atoms with Crippen molar-refractivity contribution in [2.45, 2.75) is 32.4 Å². The van der Waals surface area contributed by atoms with Gasteiger partial charge in [0.2, 0.25) is 0 Å². The van der Waals surface area contributed by atoms with E-state index in [9.17, 15) is 9.18 Å².